The number of anilines is 1. The third kappa shape index (κ3) is 3.59. The van der Waals surface area contributed by atoms with E-state index in [0.29, 0.717) is 11.3 Å². The molecule has 2 atom stereocenters. The Labute approximate surface area is 190 Å². The number of hydrogen-bond donors (Lipinski definition) is 2. The topological polar surface area (TPSA) is 115 Å². The number of fused-ring (bicyclic) bond motifs is 2. The molecule has 0 radical (unpaired) electrons. The molecule has 8 heteroatoms. The molecule has 2 aromatic rings. The molecule has 1 amide bonds. The summed E-state index contributed by atoms with van der Waals surface area (Å²) < 4.78 is 16.2. The van der Waals surface area contributed by atoms with E-state index < -0.39 is 35.1 Å². The fraction of sp³-hybridized carbons (Fsp3) is 0.200. The van der Waals surface area contributed by atoms with Gasteiger partial charge in [-0.2, -0.15) is 0 Å². The van der Waals surface area contributed by atoms with Gasteiger partial charge in [0.05, 0.1) is 5.57 Å². The molecule has 0 aliphatic carbocycles. The molecular formula is C25H22N2O6. The Morgan fingerprint density at radius 3 is 2.58 bits per heavy atom. The van der Waals surface area contributed by atoms with Gasteiger partial charge in [-0.3, -0.25) is 15.0 Å². The van der Waals surface area contributed by atoms with Gasteiger partial charge in [0, 0.05) is 5.69 Å². The molecule has 2 aliphatic heterocycles. The highest BCUT2D eigenvalue weighted by atomic mass is 16.5. The third-order valence-corrected chi connectivity index (χ3v) is 5.66. The second kappa shape index (κ2) is 8.74. The Bertz CT molecular complexity index is 1190. The van der Waals surface area contributed by atoms with Crippen LogP contribution in [-0.4, -0.2) is 30.4 Å². The van der Waals surface area contributed by atoms with Crippen LogP contribution in [0, 0.1) is 11.3 Å². The molecule has 33 heavy (non-hydrogen) atoms. The molecule has 0 fully saturated rings. The molecule has 2 aromatic carbocycles. The number of allylic oxidation sites excluding steroid dienone is 1. The van der Waals surface area contributed by atoms with Crippen molar-refractivity contribution in [3.8, 4) is 0 Å². The molecule has 1 spiro atoms. The first-order valence-electron chi connectivity index (χ1n) is 10.3. The van der Waals surface area contributed by atoms with Crippen molar-refractivity contribution >= 4 is 29.4 Å². The lowest BCUT2D eigenvalue weighted by atomic mass is 9.64. The van der Waals surface area contributed by atoms with E-state index in [1.165, 1.54) is 13.0 Å². The minimum Gasteiger partial charge on any atom is -0.460 e. The number of hydrogen-bond acceptors (Lipinski definition) is 7. The Balaban J connectivity index is 1.84. The second-order valence-electron chi connectivity index (χ2n) is 7.62. The lowest BCUT2D eigenvalue weighted by Gasteiger charge is -2.39. The molecule has 2 heterocycles. The molecule has 2 unspecified atom stereocenters. The van der Waals surface area contributed by atoms with Crippen molar-refractivity contribution in [2.24, 2.45) is 5.92 Å². The van der Waals surface area contributed by atoms with Crippen molar-refractivity contribution in [2.45, 2.75) is 18.9 Å². The highest BCUT2D eigenvalue weighted by molar-refractivity contribution is 6.21. The van der Waals surface area contributed by atoms with E-state index in [1.54, 1.807) is 48.5 Å². The first-order valence-corrected chi connectivity index (χ1v) is 10.3. The summed E-state index contributed by atoms with van der Waals surface area (Å²) in [5, 5.41) is 11.2. The van der Waals surface area contributed by atoms with Gasteiger partial charge in [-0.05, 0) is 24.1 Å². The molecule has 0 saturated carbocycles. The minimum atomic E-state index is -1.87. The Morgan fingerprint density at radius 1 is 1.15 bits per heavy atom. The first kappa shape index (κ1) is 22.0. The van der Waals surface area contributed by atoms with E-state index in [9.17, 15) is 14.4 Å². The van der Waals surface area contributed by atoms with Crippen molar-refractivity contribution in [3.63, 3.8) is 0 Å². The van der Waals surface area contributed by atoms with Gasteiger partial charge in [0.2, 0.25) is 11.8 Å². The highest BCUT2D eigenvalue weighted by Gasteiger charge is 2.65. The van der Waals surface area contributed by atoms with Crippen LogP contribution in [0.2, 0.25) is 0 Å². The Kier molecular flexibility index (Phi) is 5.83. The second-order valence-corrected chi connectivity index (χ2v) is 7.62. The van der Waals surface area contributed by atoms with Crippen LogP contribution in [0.5, 0.6) is 0 Å². The van der Waals surface area contributed by atoms with Crippen LogP contribution in [0.3, 0.4) is 0 Å². The largest absolute Gasteiger partial charge is 0.460 e. The van der Waals surface area contributed by atoms with Gasteiger partial charge >= 0.3 is 11.9 Å². The molecule has 0 saturated heterocycles. The van der Waals surface area contributed by atoms with Crippen molar-refractivity contribution in [1.29, 1.82) is 5.41 Å². The van der Waals surface area contributed by atoms with Crippen LogP contribution in [0.4, 0.5) is 5.69 Å². The van der Waals surface area contributed by atoms with Crippen LogP contribution in [0.1, 0.15) is 18.1 Å². The highest BCUT2D eigenvalue weighted by Crippen LogP contribution is 2.52. The summed E-state index contributed by atoms with van der Waals surface area (Å²) in [4.78, 5) is 40.0. The summed E-state index contributed by atoms with van der Waals surface area (Å²) >= 11 is 0. The number of carbonyl (C=O) groups is 3. The summed E-state index contributed by atoms with van der Waals surface area (Å²) in [7, 11) is 0. The lowest BCUT2D eigenvalue weighted by Crippen LogP contribution is -2.55. The van der Waals surface area contributed by atoms with Gasteiger partial charge < -0.3 is 19.5 Å². The molecular weight excluding hydrogens is 424 g/mol. The minimum absolute atomic E-state index is 0.00743. The van der Waals surface area contributed by atoms with Gasteiger partial charge in [-0.25, -0.2) is 4.79 Å². The standard InChI is InChI=1S/C25H22N2O6/c1-3-13-31-22(28)19-15(2)33-21(26)20(23(29)32-14-16-9-5-4-6-10-16)25(19)17-11-7-8-12-18(17)27-24(25)30/h3-12,20,26H,1,13-14H2,2H3,(H,27,30). The maximum absolute atomic E-state index is 13.5. The van der Waals surface area contributed by atoms with E-state index in [4.69, 9.17) is 19.6 Å². The number of rotatable bonds is 6. The molecule has 0 bridgehead atoms. The van der Waals surface area contributed by atoms with Crippen LogP contribution >= 0.6 is 0 Å². The molecule has 8 nitrogen and oxygen atoms in total. The third-order valence-electron chi connectivity index (χ3n) is 5.66. The van der Waals surface area contributed by atoms with Crippen LogP contribution < -0.4 is 5.32 Å². The van der Waals surface area contributed by atoms with Crippen LogP contribution in [0.15, 0.2) is 78.6 Å². The van der Waals surface area contributed by atoms with Crippen LogP contribution in [0.25, 0.3) is 0 Å². The van der Waals surface area contributed by atoms with E-state index in [-0.39, 0.29) is 24.5 Å². The smallest absolute Gasteiger partial charge is 0.339 e. The average Bonchev–Trinajstić information content (AvgIpc) is 3.08. The van der Waals surface area contributed by atoms with Crippen molar-refractivity contribution < 1.29 is 28.6 Å². The van der Waals surface area contributed by atoms with Crippen molar-refractivity contribution in [1.82, 2.24) is 0 Å². The Morgan fingerprint density at radius 2 is 1.85 bits per heavy atom. The maximum Gasteiger partial charge on any atom is 0.339 e. The monoisotopic (exact) mass is 446 g/mol. The normalized spacial score (nSPS) is 21.2. The Hall–Kier alpha value is -4.20. The fourth-order valence-corrected chi connectivity index (χ4v) is 4.31. The average molecular weight is 446 g/mol. The quantitative estimate of drug-likeness (QED) is 0.520. The van der Waals surface area contributed by atoms with Gasteiger partial charge in [0.15, 0.2) is 5.92 Å². The number of ether oxygens (including phenoxy) is 3. The van der Waals surface area contributed by atoms with E-state index in [1.807, 2.05) is 6.07 Å². The SMILES string of the molecule is C=CCOC(=O)C1=C(C)OC(=N)C(C(=O)OCc2ccccc2)C12C(=O)Nc1ccccc12. The van der Waals surface area contributed by atoms with E-state index in [2.05, 4.69) is 11.9 Å². The lowest BCUT2D eigenvalue weighted by molar-refractivity contribution is -0.152. The summed E-state index contributed by atoms with van der Waals surface area (Å²) in [6.45, 7) is 4.82. The molecule has 4 rings (SSSR count). The predicted octanol–water partition coefficient (Wildman–Crippen LogP) is 3.25. The fourth-order valence-electron chi connectivity index (χ4n) is 4.31. The van der Waals surface area contributed by atoms with Crippen molar-refractivity contribution in [2.75, 3.05) is 11.9 Å². The number of esters is 2. The maximum atomic E-state index is 13.5. The molecule has 0 aromatic heterocycles. The number of amides is 1. The summed E-state index contributed by atoms with van der Waals surface area (Å²) in [6.07, 6.45) is 1.39. The van der Waals surface area contributed by atoms with E-state index in [0.717, 1.165) is 5.56 Å². The summed E-state index contributed by atoms with van der Waals surface area (Å²) in [5.41, 5.74) is -0.488. The summed E-state index contributed by atoms with van der Waals surface area (Å²) in [6, 6.07) is 15.7. The summed E-state index contributed by atoms with van der Waals surface area (Å²) in [5.74, 6) is -4.35. The van der Waals surface area contributed by atoms with Gasteiger partial charge in [-0.15, -0.1) is 0 Å². The van der Waals surface area contributed by atoms with Gasteiger partial charge in [0.25, 0.3) is 0 Å². The first-order chi connectivity index (χ1) is 15.9. The zero-order valence-electron chi connectivity index (χ0n) is 17.9. The predicted molar refractivity (Wildman–Crippen MR) is 119 cm³/mol. The number of carbonyl (C=O) groups excluding carboxylic acids is 3. The number of para-hydroxylation sites is 1. The molecule has 168 valence electrons. The zero-order valence-corrected chi connectivity index (χ0v) is 17.9. The van der Waals surface area contributed by atoms with Crippen LogP contribution in [-0.2, 0) is 40.6 Å². The molecule has 2 aliphatic rings. The molecule has 2 N–H and O–H groups in total. The van der Waals surface area contributed by atoms with Crippen molar-refractivity contribution in [3.05, 3.63) is 89.7 Å². The van der Waals surface area contributed by atoms with Gasteiger partial charge in [0.1, 0.15) is 24.4 Å². The van der Waals surface area contributed by atoms with Gasteiger partial charge in [-0.1, -0.05) is 61.2 Å². The van der Waals surface area contributed by atoms with E-state index >= 15 is 0 Å². The number of benzene rings is 2. The number of nitrogens with one attached hydrogen (secondary N) is 2. The zero-order chi connectivity index (χ0) is 23.6.